The van der Waals surface area contributed by atoms with E-state index < -0.39 is 5.97 Å². The zero-order valence-corrected chi connectivity index (χ0v) is 18.3. The van der Waals surface area contributed by atoms with E-state index in [0.717, 1.165) is 22.2 Å². The fourth-order valence-electron chi connectivity index (χ4n) is 3.14. The molecule has 31 heavy (non-hydrogen) atoms. The van der Waals surface area contributed by atoms with Crippen LogP contribution in [-0.4, -0.2) is 38.5 Å². The second kappa shape index (κ2) is 8.71. The number of esters is 1. The van der Waals surface area contributed by atoms with Crippen LogP contribution >= 0.6 is 0 Å². The number of rotatable bonds is 7. The van der Waals surface area contributed by atoms with Gasteiger partial charge in [0.05, 0.1) is 0 Å². The van der Waals surface area contributed by atoms with Gasteiger partial charge in [-0.3, -0.25) is 4.79 Å². The predicted octanol–water partition coefficient (Wildman–Crippen LogP) is 4.04. The Kier molecular flexibility index (Phi) is 6.24. The lowest BCUT2D eigenvalue weighted by Crippen LogP contribution is -2.16. The molecule has 0 unspecified atom stereocenters. The van der Waals surface area contributed by atoms with Crippen molar-refractivity contribution in [2.24, 2.45) is 0 Å². The Morgan fingerprint density at radius 3 is 2.29 bits per heavy atom. The molecule has 1 heterocycles. The number of aromatic nitrogens is 3. The molecule has 1 N–H and O–H groups in total. The molecule has 0 fully saturated rings. The molecule has 0 saturated heterocycles. The van der Waals surface area contributed by atoms with Crippen molar-refractivity contribution in [2.75, 3.05) is 6.61 Å². The van der Waals surface area contributed by atoms with Gasteiger partial charge in [-0.2, -0.15) is 0 Å². The second-order valence-electron chi connectivity index (χ2n) is 8.63. The zero-order valence-electron chi connectivity index (χ0n) is 18.3. The maximum Gasteiger partial charge on any atom is 0.333 e. The van der Waals surface area contributed by atoms with Crippen LogP contribution in [0.5, 0.6) is 5.75 Å². The molecule has 1 aromatic heterocycles. The van der Waals surface area contributed by atoms with Gasteiger partial charge in [-0.05, 0) is 42.5 Å². The Morgan fingerprint density at radius 2 is 1.74 bits per heavy atom. The number of carbonyl (C=O) groups is 2. The van der Waals surface area contributed by atoms with Crippen molar-refractivity contribution in [1.29, 1.82) is 0 Å². The lowest BCUT2D eigenvalue weighted by molar-refractivity contribution is -0.144. The first-order chi connectivity index (χ1) is 14.6. The Labute approximate surface area is 181 Å². The number of aromatic hydroxyl groups is 1. The number of hydrogen-bond acceptors (Lipinski definition) is 6. The van der Waals surface area contributed by atoms with Gasteiger partial charge in [-0.25, -0.2) is 4.79 Å². The third-order valence-electron chi connectivity index (χ3n) is 4.86. The number of ether oxygens (including phenoxy) is 1. The summed E-state index contributed by atoms with van der Waals surface area (Å²) in [5, 5.41) is 19.9. The molecule has 3 rings (SSSR count). The predicted molar refractivity (Wildman–Crippen MR) is 118 cm³/mol. The van der Waals surface area contributed by atoms with E-state index in [-0.39, 0.29) is 35.5 Å². The van der Waals surface area contributed by atoms with Crippen molar-refractivity contribution in [3.05, 3.63) is 59.7 Å². The van der Waals surface area contributed by atoms with Crippen LogP contribution in [0.2, 0.25) is 0 Å². The van der Waals surface area contributed by atoms with Gasteiger partial charge < -0.3 is 9.84 Å². The van der Waals surface area contributed by atoms with E-state index in [0.29, 0.717) is 12.1 Å². The quantitative estimate of drug-likeness (QED) is 0.457. The average Bonchev–Trinajstić information content (AvgIpc) is 3.14. The summed E-state index contributed by atoms with van der Waals surface area (Å²) >= 11 is 0. The van der Waals surface area contributed by atoms with E-state index in [1.54, 1.807) is 6.07 Å². The van der Waals surface area contributed by atoms with Crippen LogP contribution in [-0.2, 0) is 26.2 Å². The molecule has 0 aliphatic heterocycles. The zero-order chi connectivity index (χ0) is 22.8. The van der Waals surface area contributed by atoms with Gasteiger partial charge in [-0.15, -0.1) is 15.0 Å². The molecule has 7 heteroatoms. The van der Waals surface area contributed by atoms with Gasteiger partial charge in [0.1, 0.15) is 29.1 Å². The van der Waals surface area contributed by atoms with Crippen molar-refractivity contribution in [2.45, 2.75) is 46.0 Å². The maximum absolute atomic E-state index is 12.2. The van der Waals surface area contributed by atoms with Crippen molar-refractivity contribution in [1.82, 2.24) is 15.0 Å². The average molecular weight is 421 g/mol. The number of hydrogen-bond donors (Lipinski definition) is 1. The third-order valence-corrected chi connectivity index (χ3v) is 4.86. The van der Waals surface area contributed by atoms with Crippen molar-refractivity contribution >= 4 is 22.8 Å². The molecule has 0 aliphatic carbocycles. The molecule has 7 nitrogen and oxygen atoms in total. The number of ketones is 1. The van der Waals surface area contributed by atoms with Crippen LogP contribution in [0.1, 0.15) is 45.2 Å². The summed E-state index contributed by atoms with van der Waals surface area (Å²) < 4.78 is 4.93. The van der Waals surface area contributed by atoms with Crippen molar-refractivity contribution in [3.8, 4) is 11.4 Å². The first kappa shape index (κ1) is 22.2. The van der Waals surface area contributed by atoms with Crippen LogP contribution in [0.25, 0.3) is 16.7 Å². The normalized spacial score (nSPS) is 11.5. The molecule has 0 spiro atoms. The van der Waals surface area contributed by atoms with E-state index in [1.165, 1.54) is 11.7 Å². The van der Waals surface area contributed by atoms with Gasteiger partial charge in [-0.1, -0.05) is 45.5 Å². The first-order valence-electron chi connectivity index (χ1n) is 10.1. The highest BCUT2D eigenvalue weighted by molar-refractivity contribution is 5.89. The minimum atomic E-state index is -0.577. The maximum atomic E-state index is 12.2. The fraction of sp³-hybridized carbons (Fsp3) is 0.333. The van der Waals surface area contributed by atoms with Gasteiger partial charge in [0.2, 0.25) is 0 Å². The smallest absolute Gasteiger partial charge is 0.333 e. The minimum Gasteiger partial charge on any atom is -0.505 e. The standard InChI is InChI=1S/C24H27N3O4/c1-15(2)23(30)31-14-17(28)11-10-16-12-18(24(3,4)5)22(29)21(13-16)27-25-19-8-6-7-9-20(19)26-27/h6-9,12-13,29H,1,10-11,14H2,2-5H3. The Morgan fingerprint density at radius 1 is 1.13 bits per heavy atom. The molecule has 0 atom stereocenters. The molecule has 0 aliphatic rings. The Hall–Kier alpha value is -3.48. The summed E-state index contributed by atoms with van der Waals surface area (Å²) in [7, 11) is 0. The molecule has 3 aromatic rings. The summed E-state index contributed by atoms with van der Waals surface area (Å²) in [6, 6.07) is 11.2. The van der Waals surface area contributed by atoms with E-state index in [2.05, 4.69) is 16.8 Å². The van der Waals surface area contributed by atoms with Crippen LogP contribution in [0.4, 0.5) is 0 Å². The number of fused-ring (bicyclic) bond motifs is 1. The summed E-state index contributed by atoms with van der Waals surface area (Å²) in [5.41, 5.74) is 3.42. The molecule has 0 saturated carbocycles. The molecular formula is C24H27N3O4. The monoisotopic (exact) mass is 421 g/mol. The summed E-state index contributed by atoms with van der Waals surface area (Å²) in [6.07, 6.45) is 0.631. The molecule has 0 radical (unpaired) electrons. The van der Waals surface area contributed by atoms with Crippen LogP contribution in [0.15, 0.2) is 48.6 Å². The van der Waals surface area contributed by atoms with Crippen molar-refractivity contribution < 1.29 is 19.4 Å². The molecule has 162 valence electrons. The minimum absolute atomic E-state index is 0.110. The third kappa shape index (κ3) is 5.17. The molecular weight excluding hydrogens is 394 g/mol. The van der Waals surface area contributed by atoms with Crippen LogP contribution in [0.3, 0.4) is 0 Å². The summed E-state index contributed by atoms with van der Waals surface area (Å²) in [4.78, 5) is 25.1. The van der Waals surface area contributed by atoms with E-state index in [4.69, 9.17) is 4.74 Å². The summed E-state index contributed by atoms with van der Waals surface area (Å²) in [6.45, 7) is 10.8. The number of Topliss-reactive ketones (excluding diaryl/α,β-unsaturated/α-hetero) is 1. The Bertz CT molecular complexity index is 1120. The summed E-state index contributed by atoms with van der Waals surface area (Å²) in [5.74, 6) is -0.658. The van der Waals surface area contributed by atoms with Crippen LogP contribution < -0.4 is 0 Å². The second-order valence-corrected chi connectivity index (χ2v) is 8.63. The highest BCUT2D eigenvalue weighted by Gasteiger charge is 2.23. The van der Waals surface area contributed by atoms with Crippen molar-refractivity contribution in [3.63, 3.8) is 0 Å². The van der Waals surface area contributed by atoms with Gasteiger partial charge in [0.15, 0.2) is 5.78 Å². The largest absolute Gasteiger partial charge is 0.505 e. The molecule has 0 amide bonds. The van der Waals surface area contributed by atoms with E-state index >= 15 is 0 Å². The van der Waals surface area contributed by atoms with E-state index in [9.17, 15) is 14.7 Å². The lowest BCUT2D eigenvalue weighted by atomic mass is 9.84. The number of carbonyl (C=O) groups excluding carboxylic acids is 2. The number of benzene rings is 2. The van der Waals surface area contributed by atoms with Gasteiger partial charge in [0, 0.05) is 17.6 Å². The first-order valence-corrected chi connectivity index (χ1v) is 10.1. The molecule has 0 bridgehead atoms. The Balaban J connectivity index is 1.88. The van der Waals surface area contributed by atoms with E-state index in [1.807, 2.05) is 51.1 Å². The molecule has 2 aromatic carbocycles. The number of phenols is 1. The number of nitrogens with zero attached hydrogens (tertiary/aromatic N) is 3. The lowest BCUT2D eigenvalue weighted by Gasteiger charge is -2.23. The SMILES string of the molecule is C=C(C)C(=O)OCC(=O)CCc1cc(-n2nc3ccccc3n2)c(O)c(C(C)(C)C)c1. The number of aryl methyl sites for hydroxylation is 1. The highest BCUT2D eigenvalue weighted by atomic mass is 16.5. The van der Waals surface area contributed by atoms with Crippen LogP contribution in [0, 0.1) is 0 Å². The fourth-order valence-corrected chi connectivity index (χ4v) is 3.14. The van der Waals surface area contributed by atoms with Gasteiger partial charge in [0.25, 0.3) is 0 Å². The van der Waals surface area contributed by atoms with Gasteiger partial charge >= 0.3 is 5.97 Å². The topological polar surface area (TPSA) is 94.3 Å². The number of phenolic OH excluding ortho intramolecular Hbond substituents is 1. The highest BCUT2D eigenvalue weighted by Crippen LogP contribution is 2.36.